The summed E-state index contributed by atoms with van der Waals surface area (Å²) in [7, 11) is 0. The molecule has 3 rings (SSSR count). The van der Waals surface area contributed by atoms with E-state index in [1.165, 1.54) is 0 Å². The van der Waals surface area contributed by atoms with Crippen LogP contribution < -0.4 is 10.1 Å². The maximum Gasteiger partial charge on any atom is 0.171 e. The van der Waals surface area contributed by atoms with Crippen molar-refractivity contribution in [2.45, 2.75) is 59.1 Å². The van der Waals surface area contributed by atoms with Gasteiger partial charge in [-0.2, -0.15) is 0 Å². The number of para-hydroxylation sites is 1. The van der Waals surface area contributed by atoms with Crippen LogP contribution in [-0.4, -0.2) is 26.7 Å². The zero-order valence-electron chi connectivity index (χ0n) is 18.5. The minimum atomic E-state index is -1.01. The van der Waals surface area contributed by atoms with Crippen molar-refractivity contribution >= 4 is 5.69 Å². The van der Waals surface area contributed by atoms with Crippen molar-refractivity contribution in [1.82, 2.24) is 15.0 Å². The number of nitrogens with zero attached hydrogens (tertiary/aromatic N) is 3. The summed E-state index contributed by atoms with van der Waals surface area (Å²) in [4.78, 5) is 0. The second-order valence-corrected chi connectivity index (χ2v) is 8.52. The molecule has 2 N–H and O–H groups in total. The van der Waals surface area contributed by atoms with Crippen molar-refractivity contribution in [3.05, 3.63) is 65.5 Å². The summed E-state index contributed by atoms with van der Waals surface area (Å²) in [6.45, 7) is 11.2. The van der Waals surface area contributed by atoms with Crippen molar-refractivity contribution in [2.24, 2.45) is 0 Å². The molecule has 0 aliphatic rings. The predicted octanol–water partition coefficient (Wildman–Crippen LogP) is 5.16. The second kappa shape index (κ2) is 9.30. The van der Waals surface area contributed by atoms with E-state index in [2.05, 4.69) is 49.4 Å². The molecule has 30 heavy (non-hydrogen) atoms. The van der Waals surface area contributed by atoms with Gasteiger partial charge in [-0.25, -0.2) is 4.68 Å². The molecule has 1 atom stereocenters. The predicted molar refractivity (Wildman–Crippen MR) is 120 cm³/mol. The Bertz CT molecular complexity index is 961. The lowest BCUT2D eigenvalue weighted by Crippen LogP contribution is -2.16. The van der Waals surface area contributed by atoms with E-state index in [0.717, 1.165) is 41.2 Å². The van der Waals surface area contributed by atoms with Crippen molar-refractivity contribution in [2.75, 3.05) is 11.9 Å². The van der Waals surface area contributed by atoms with Gasteiger partial charge in [0.2, 0.25) is 0 Å². The summed E-state index contributed by atoms with van der Waals surface area (Å²) in [5.74, 6) is 0.726. The number of aromatic nitrogens is 3. The molecule has 6 nitrogen and oxygen atoms in total. The number of rotatable bonds is 8. The number of anilines is 1. The third-order valence-corrected chi connectivity index (χ3v) is 5.08. The molecule has 0 spiro atoms. The standard InChI is InChI=1S/C24H32N4O2/c1-6-7-15-30-21-14-13-18(24(3,4)5)16-20(21)25-23(29)22-17(2)28(27-26-22)19-11-9-8-10-12-19/h8-14,16,23,25,29H,6-7,15H2,1-5H3. The second-order valence-electron chi connectivity index (χ2n) is 8.52. The van der Waals surface area contributed by atoms with E-state index in [1.54, 1.807) is 4.68 Å². The largest absolute Gasteiger partial charge is 0.491 e. The number of nitrogens with one attached hydrogen (secondary N) is 1. The van der Waals surface area contributed by atoms with Gasteiger partial charge in [-0.15, -0.1) is 5.10 Å². The molecule has 1 heterocycles. The van der Waals surface area contributed by atoms with Crippen LogP contribution in [0.5, 0.6) is 5.75 Å². The number of aliphatic hydroxyl groups is 1. The molecule has 0 aliphatic carbocycles. The van der Waals surface area contributed by atoms with Crippen LogP contribution in [0.25, 0.3) is 5.69 Å². The first-order valence-corrected chi connectivity index (χ1v) is 10.5. The first-order chi connectivity index (χ1) is 14.3. The van der Waals surface area contributed by atoms with E-state index in [0.29, 0.717) is 12.3 Å². The minimum absolute atomic E-state index is 0.0182. The fraction of sp³-hybridized carbons (Fsp3) is 0.417. The lowest BCUT2D eigenvalue weighted by molar-refractivity contribution is 0.201. The Kier molecular flexibility index (Phi) is 6.77. The van der Waals surface area contributed by atoms with Gasteiger partial charge in [-0.05, 0) is 48.6 Å². The zero-order valence-corrected chi connectivity index (χ0v) is 18.5. The zero-order chi connectivity index (χ0) is 21.7. The summed E-state index contributed by atoms with van der Waals surface area (Å²) in [6.07, 6.45) is 1.03. The van der Waals surface area contributed by atoms with Crippen LogP contribution in [0.2, 0.25) is 0 Å². The van der Waals surface area contributed by atoms with E-state index < -0.39 is 6.23 Å². The van der Waals surface area contributed by atoms with Gasteiger partial charge in [0.05, 0.1) is 23.7 Å². The van der Waals surface area contributed by atoms with Gasteiger partial charge in [-0.1, -0.05) is 63.6 Å². The fourth-order valence-electron chi connectivity index (χ4n) is 3.19. The number of hydrogen-bond acceptors (Lipinski definition) is 5. The normalized spacial score (nSPS) is 12.6. The van der Waals surface area contributed by atoms with E-state index in [4.69, 9.17) is 4.74 Å². The highest BCUT2D eigenvalue weighted by molar-refractivity contribution is 5.59. The Morgan fingerprint density at radius 1 is 1.13 bits per heavy atom. The van der Waals surface area contributed by atoms with E-state index in [-0.39, 0.29) is 5.41 Å². The Morgan fingerprint density at radius 2 is 1.87 bits per heavy atom. The molecule has 0 fully saturated rings. The average molecular weight is 409 g/mol. The molecule has 2 aromatic carbocycles. The molecule has 0 aliphatic heterocycles. The molecular weight excluding hydrogens is 376 g/mol. The Labute approximate surface area is 178 Å². The monoisotopic (exact) mass is 408 g/mol. The minimum Gasteiger partial charge on any atom is -0.491 e. The van der Waals surface area contributed by atoms with Crippen molar-refractivity contribution in [3.63, 3.8) is 0 Å². The molecular formula is C24H32N4O2. The summed E-state index contributed by atoms with van der Waals surface area (Å²) >= 11 is 0. The summed E-state index contributed by atoms with van der Waals surface area (Å²) in [5, 5.41) is 22.6. The van der Waals surface area contributed by atoms with Gasteiger partial charge < -0.3 is 15.2 Å². The molecule has 0 saturated carbocycles. The lowest BCUT2D eigenvalue weighted by Gasteiger charge is -2.23. The van der Waals surface area contributed by atoms with Crippen LogP contribution in [0.3, 0.4) is 0 Å². The van der Waals surface area contributed by atoms with Gasteiger partial charge in [0, 0.05) is 0 Å². The fourth-order valence-corrected chi connectivity index (χ4v) is 3.19. The van der Waals surface area contributed by atoms with Crippen molar-refractivity contribution < 1.29 is 9.84 Å². The van der Waals surface area contributed by atoms with Crippen LogP contribution >= 0.6 is 0 Å². The van der Waals surface area contributed by atoms with Crippen LogP contribution in [0, 0.1) is 6.92 Å². The van der Waals surface area contributed by atoms with E-state index in [9.17, 15) is 5.11 Å². The Morgan fingerprint density at radius 3 is 2.53 bits per heavy atom. The first kappa shape index (κ1) is 21.8. The molecule has 160 valence electrons. The van der Waals surface area contributed by atoms with Gasteiger partial charge in [0.15, 0.2) is 6.23 Å². The SMILES string of the molecule is CCCCOc1ccc(C(C)(C)C)cc1NC(O)c1nnn(-c2ccccc2)c1C. The first-order valence-electron chi connectivity index (χ1n) is 10.5. The topological polar surface area (TPSA) is 72.2 Å². The molecule has 0 bridgehead atoms. The maximum atomic E-state index is 10.9. The molecule has 6 heteroatoms. The van der Waals surface area contributed by atoms with Crippen molar-refractivity contribution in [3.8, 4) is 11.4 Å². The Balaban J connectivity index is 1.88. The summed E-state index contributed by atoms with van der Waals surface area (Å²) < 4.78 is 7.70. The highest BCUT2D eigenvalue weighted by Crippen LogP contribution is 2.33. The molecule has 3 aromatic rings. The van der Waals surface area contributed by atoms with Crippen LogP contribution in [0.15, 0.2) is 48.5 Å². The summed E-state index contributed by atoms with van der Waals surface area (Å²) in [6, 6.07) is 15.9. The number of benzene rings is 2. The highest BCUT2D eigenvalue weighted by atomic mass is 16.5. The summed E-state index contributed by atoms with van der Waals surface area (Å²) in [5.41, 5.74) is 4.06. The van der Waals surface area contributed by atoms with Gasteiger partial charge >= 0.3 is 0 Å². The van der Waals surface area contributed by atoms with Crippen molar-refractivity contribution in [1.29, 1.82) is 0 Å². The smallest absolute Gasteiger partial charge is 0.171 e. The van der Waals surface area contributed by atoms with E-state index in [1.807, 2.05) is 49.4 Å². The molecule has 1 aromatic heterocycles. The van der Waals surface area contributed by atoms with Gasteiger partial charge in [0.1, 0.15) is 11.4 Å². The molecule has 1 unspecified atom stereocenters. The van der Waals surface area contributed by atoms with Crippen LogP contribution in [0.1, 0.15) is 63.7 Å². The van der Waals surface area contributed by atoms with Gasteiger partial charge in [-0.3, -0.25) is 0 Å². The molecule has 0 radical (unpaired) electrons. The quantitative estimate of drug-likeness (QED) is 0.398. The lowest BCUT2D eigenvalue weighted by atomic mass is 9.87. The van der Waals surface area contributed by atoms with Gasteiger partial charge in [0.25, 0.3) is 0 Å². The molecule has 0 amide bonds. The highest BCUT2D eigenvalue weighted by Gasteiger charge is 2.21. The molecule has 0 saturated heterocycles. The third-order valence-electron chi connectivity index (χ3n) is 5.08. The van der Waals surface area contributed by atoms with Crippen LogP contribution in [0.4, 0.5) is 5.69 Å². The number of aliphatic hydroxyl groups excluding tert-OH is 1. The number of hydrogen-bond donors (Lipinski definition) is 2. The Hall–Kier alpha value is -2.86. The number of ether oxygens (including phenoxy) is 1. The van der Waals surface area contributed by atoms with Crippen LogP contribution in [-0.2, 0) is 5.41 Å². The third kappa shape index (κ3) is 5.00. The number of unbranched alkanes of at least 4 members (excludes halogenated alkanes) is 1. The van der Waals surface area contributed by atoms with E-state index >= 15 is 0 Å². The average Bonchev–Trinajstić information content (AvgIpc) is 3.10. The maximum absolute atomic E-state index is 10.9.